The fourth-order valence-electron chi connectivity index (χ4n) is 11.1. The van der Waals surface area contributed by atoms with Gasteiger partial charge in [0, 0.05) is 29.5 Å². The number of aliphatic hydroxyl groups is 2. The van der Waals surface area contributed by atoms with Gasteiger partial charge in [-0.2, -0.15) is 0 Å². The molecule has 0 heterocycles. The first-order chi connectivity index (χ1) is 23.2. The summed E-state index contributed by atoms with van der Waals surface area (Å²) >= 11 is 0. The fraction of sp³-hybridized carbons (Fsp3) is 0.767. The lowest BCUT2D eigenvalue weighted by atomic mass is 9.45. The molecule has 5 saturated carbocycles. The molecule has 0 unspecified atom stereocenters. The van der Waals surface area contributed by atoms with E-state index in [2.05, 4.69) is 57.3 Å². The molecule has 49 heavy (non-hydrogen) atoms. The molecule has 8 rings (SSSR count). The van der Waals surface area contributed by atoms with Crippen molar-refractivity contribution in [2.45, 2.75) is 162 Å². The molecule has 1 aromatic carbocycles. The molecular weight excluding hydrogens is 608 g/mol. The molecule has 0 aromatic heterocycles. The first-order valence-corrected chi connectivity index (χ1v) is 20.0. The minimum Gasteiger partial charge on any atom is -0.393 e. The van der Waals surface area contributed by atoms with E-state index in [1.807, 2.05) is 18.7 Å². The molecule has 5 fully saturated rings. The van der Waals surface area contributed by atoms with Gasteiger partial charge in [-0.15, -0.1) is 0 Å². The average Bonchev–Trinajstić information content (AvgIpc) is 3.31. The number of carbonyl (C=O) groups excluding carboxylic acids is 2. The molecule has 2 amide bonds. The van der Waals surface area contributed by atoms with Crippen molar-refractivity contribution in [2.24, 2.45) is 34.5 Å². The summed E-state index contributed by atoms with van der Waals surface area (Å²) in [6.07, 6.45) is 15.8. The van der Waals surface area contributed by atoms with E-state index in [0.717, 1.165) is 80.4 Å². The lowest BCUT2D eigenvalue weighted by Gasteiger charge is -2.60. The summed E-state index contributed by atoms with van der Waals surface area (Å²) in [5.41, 5.74) is 2.86. The van der Waals surface area contributed by atoms with Crippen molar-refractivity contribution in [1.82, 2.24) is 10.2 Å². The Hall–Kier alpha value is -2.18. The van der Waals surface area contributed by atoms with Crippen LogP contribution in [0, 0.1) is 34.5 Å². The van der Waals surface area contributed by atoms with E-state index in [9.17, 15) is 19.8 Å². The Morgan fingerprint density at radius 3 is 2.45 bits per heavy atom. The summed E-state index contributed by atoms with van der Waals surface area (Å²) in [4.78, 5) is 30.4. The van der Waals surface area contributed by atoms with Crippen molar-refractivity contribution in [3.05, 3.63) is 46.5 Å². The molecule has 6 nitrogen and oxygen atoms in total. The Bertz CT molecular complexity index is 1390. The van der Waals surface area contributed by atoms with Crippen LogP contribution in [0.2, 0.25) is 0 Å². The van der Waals surface area contributed by atoms with E-state index in [0.29, 0.717) is 49.6 Å². The van der Waals surface area contributed by atoms with Crippen LogP contribution in [0.3, 0.4) is 0 Å². The molecule has 7 aliphatic carbocycles. The van der Waals surface area contributed by atoms with Gasteiger partial charge in [0.15, 0.2) is 5.78 Å². The van der Waals surface area contributed by atoms with Crippen LogP contribution in [0.4, 0.5) is 4.79 Å². The third-order valence-corrected chi connectivity index (χ3v) is 14.5. The lowest BCUT2D eigenvalue weighted by molar-refractivity contribution is -0.118. The van der Waals surface area contributed by atoms with Gasteiger partial charge in [-0.25, -0.2) is 4.79 Å². The van der Waals surface area contributed by atoms with Crippen LogP contribution in [0.15, 0.2) is 29.8 Å². The van der Waals surface area contributed by atoms with Crippen molar-refractivity contribution < 1.29 is 19.8 Å². The number of Topliss-reactive ketones (excluding diaryl/α,β-unsaturated/α-hetero) is 1. The Balaban J connectivity index is 1.37. The molecule has 0 spiro atoms. The summed E-state index contributed by atoms with van der Waals surface area (Å²) in [7, 11) is 0. The highest BCUT2D eigenvalue weighted by Crippen LogP contribution is 2.62. The number of fused-ring (bicyclic) bond motifs is 10. The Morgan fingerprint density at radius 2 is 1.76 bits per heavy atom. The number of nitrogens with one attached hydrogen (secondary N) is 1. The number of rotatable bonds is 7. The smallest absolute Gasteiger partial charge is 0.317 e. The van der Waals surface area contributed by atoms with E-state index < -0.39 is 17.1 Å². The van der Waals surface area contributed by atoms with Crippen LogP contribution in [-0.4, -0.2) is 57.8 Å². The number of hydrogen-bond acceptors (Lipinski definition) is 4. The van der Waals surface area contributed by atoms with Crippen LogP contribution >= 0.6 is 0 Å². The van der Waals surface area contributed by atoms with Crippen LogP contribution in [0.5, 0.6) is 0 Å². The summed E-state index contributed by atoms with van der Waals surface area (Å²) < 4.78 is 0. The molecule has 0 aliphatic heterocycles. The Kier molecular flexibility index (Phi) is 10.8. The van der Waals surface area contributed by atoms with Crippen molar-refractivity contribution in [3.8, 4) is 0 Å². The molecule has 0 radical (unpaired) electrons. The topological polar surface area (TPSA) is 89.9 Å². The molecule has 272 valence electrons. The Labute approximate surface area is 296 Å². The minimum atomic E-state index is -1.10. The van der Waals surface area contributed by atoms with Gasteiger partial charge in [0.2, 0.25) is 0 Å². The maximum atomic E-state index is 14.4. The number of hydrogen-bond donors (Lipinski definition) is 3. The molecule has 1 aromatic rings. The number of nitrogens with zero attached hydrogens (tertiary/aromatic N) is 1. The largest absolute Gasteiger partial charge is 0.393 e. The number of carbonyl (C=O) groups is 2. The van der Waals surface area contributed by atoms with Gasteiger partial charge in [-0.05, 0) is 144 Å². The summed E-state index contributed by atoms with van der Waals surface area (Å²) in [6, 6.07) is 6.34. The van der Waals surface area contributed by atoms with Gasteiger partial charge in [-0.1, -0.05) is 63.8 Å². The summed E-state index contributed by atoms with van der Waals surface area (Å²) in [5.74, 6) is 2.16. The van der Waals surface area contributed by atoms with E-state index in [1.165, 1.54) is 24.8 Å². The van der Waals surface area contributed by atoms with Crippen molar-refractivity contribution in [2.75, 3.05) is 13.1 Å². The van der Waals surface area contributed by atoms with E-state index in [-0.39, 0.29) is 29.7 Å². The highest BCUT2D eigenvalue weighted by Gasteiger charge is 2.59. The SMILES string of the molecule is CC1=CCC[C@@]2(C)[C@@H](CC[C@@]2(O)CN(C[C@@H]2CC[C@H]3C[C@@H]2C3(C)C)C(=O)NC(C)C)c2ccc(cc2C(=O)C2CCCCC2)C[C@@H](O)CC1. The van der Waals surface area contributed by atoms with Gasteiger partial charge in [-0.3, -0.25) is 4.79 Å². The molecule has 4 bridgehead atoms. The van der Waals surface area contributed by atoms with Crippen LogP contribution in [-0.2, 0) is 6.42 Å². The molecule has 3 N–H and O–H groups in total. The van der Waals surface area contributed by atoms with E-state index >= 15 is 0 Å². The molecule has 7 atom stereocenters. The first-order valence-electron chi connectivity index (χ1n) is 20.0. The third kappa shape index (κ3) is 7.30. The molecule has 0 saturated heterocycles. The second-order valence-corrected chi connectivity index (χ2v) is 18.3. The maximum absolute atomic E-state index is 14.4. The normalized spacial score (nSPS) is 34.8. The monoisotopic (exact) mass is 675 g/mol. The van der Waals surface area contributed by atoms with Gasteiger partial charge < -0.3 is 20.4 Å². The second-order valence-electron chi connectivity index (χ2n) is 18.3. The number of aliphatic hydroxyl groups excluding tert-OH is 1. The third-order valence-electron chi connectivity index (χ3n) is 14.5. The van der Waals surface area contributed by atoms with Crippen molar-refractivity contribution in [3.63, 3.8) is 0 Å². The number of benzene rings is 1. The quantitative estimate of drug-likeness (QED) is 0.199. The van der Waals surface area contributed by atoms with Gasteiger partial charge in [0.05, 0.1) is 18.2 Å². The maximum Gasteiger partial charge on any atom is 0.317 e. The van der Waals surface area contributed by atoms with E-state index in [1.54, 1.807) is 0 Å². The van der Waals surface area contributed by atoms with Crippen molar-refractivity contribution >= 4 is 11.8 Å². The number of urea groups is 1. The van der Waals surface area contributed by atoms with Crippen LogP contribution < -0.4 is 5.32 Å². The molecular formula is C43H66N2O4. The van der Waals surface area contributed by atoms with Crippen LogP contribution in [0.25, 0.3) is 0 Å². The number of ketones is 1. The summed E-state index contributed by atoms with van der Waals surface area (Å²) in [6.45, 7) is 14.3. The predicted molar refractivity (Wildman–Crippen MR) is 198 cm³/mol. The lowest BCUT2D eigenvalue weighted by Crippen LogP contribution is -2.59. The zero-order valence-corrected chi connectivity index (χ0v) is 31.5. The second kappa shape index (κ2) is 14.4. The minimum absolute atomic E-state index is 0.00771. The highest BCUT2D eigenvalue weighted by molar-refractivity contribution is 5.99. The van der Waals surface area contributed by atoms with E-state index in [4.69, 9.17) is 0 Å². The standard InChI is InChI=1S/C43H66N2O4/c1-28(2)44-40(48)45(26-32-16-17-33-25-38(32)41(33,4)5)27-43(49)22-20-37-35-19-15-30(24-36(35)39(47)31-12-8-7-9-13-31)23-34(46)18-14-29(3)11-10-21-42(37,43)6/h11,15,19,24,28,31-34,37-38,46,49H,7-10,12-14,16-18,20-23,25-27H2,1-6H3,(H,44,48)/t32-,33-,34-,37-,38-,42-,43+/m0/s1. The average molecular weight is 675 g/mol. The van der Waals surface area contributed by atoms with Gasteiger partial charge in [0.25, 0.3) is 0 Å². The highest BCUT2D eigenvalue weighted by atomic mass is 16.3. The first kappa shape index (κ1) is 36.6. The van der Waals surface area contributed by atoms with Gasteiger partial charge in [0.1, 0.15) is 0 Å². The predicted octanol–water partition coefficient (Wildman–Crippen LogP) is 8.98. The zero-order valence-electron chi connectivity index (χ0n) is 31.5. The Morgan fingerprint density at radius 1 is 1.00 bits per heavy atom. The molecule has 6 heteroatoms. The van der Waals surface area contributed by atoms with Gasteiger partial charge >= 0.3 is 6.03 Å². The summed E-state index contributed by atoms with van der Waals surface area (Å²) in [5, 5.41) is 27.2. The zero-order chi connectivity index (χ0) is 35.1. The fourth-order valence-corrected chi connectivity index (χ4v) is 11.1. The van der Waals surface area contributed by atoms with Crippen LogP contribution in [0.1, 0.15) is 159 Å². The molecule has 7 aliphatic rings. The number of allylic oxidation sites excluding steroid dienone is 2. The number of amides is 2. The van der Waals surface area contributed by atoms with Crippen molar-refractivity contribution in [1.29, 1.82) is 0 Å².